The van der Waals surface area contributed by atoms with Gasteiger partial charge in [-0.25, -0.2) is 0 Å². The monoisotopic (exact) mass is 997 g/mol. The predicted molar refractivity (Wildman–Crippen MR) is 6.18 cm³/mol. The molecule has 0 aromatic rings. The van der Waals surface area contributed by atoms with Gasteiger partial charge in [-0.2, -0.15) is 0 Å². The molecule has 0 saturated heterocycles. The molecule has 0 spiro atoms. The second kappa shape index (κ2) is 40.1. The van der Waals surface area contributed by atoms with Crippen LogP contribution in [0.5, 0.6) is 0 Å². The summed E-state index contributed by atoms with van der Waals surface area (Å²) in [7, 11) is 0. The fourth-order valence-electron chi connectivity index (χ4n) is 0. The fraction of sp³-hybridized carbons (Fsp3) is 0. The maximum absolute atomic E-state index is 8.61. The topological polar surface area (TPSA) is 430 Å². The van der Waals surface area contributed by atoms with E-state index < -0.39 is 91.3 Å². The molecule has 0 aromatic heterocycles. The van der Waals surface area contributed by atoms with Gasteiger partial charge in [-0.05, 0) is 0 Å². The first kappa shape index (κ1) is 65.6. The maximum Gasteiger partial charge on any atom is 3.00 e. The minimum absolute atomic E-state index is 0. The number of hydrogen-bond donors (Lipinski definition) is 0. The molecule has 0 aliphatic heterocycles. The minimum Gasteiger partial charge on any atom is 3.00 e. The Kier molecular flexibility index (Phi) is 84.9. The molecular weight excluding hydrogens is 997 g/mol. The molecule has 0 fully saturated rings. The molecule has 0 saturated carbocycles. The van der Waals surface area contributed by atoms with E-state index in [2.05, 4.69) is 0 Å². The molecule has 0 radical (unpaired) electrons. The third kappa shape index (κ3) is 1270. The van der Waals surface area contributed by atoms with Gasteiger partial charge in [-0.15, -0.1) is 0 Å². The number of rotatable bonds is 0. The largest absolute Gasteiger partial charge is 3.00 e. The van der Waals surface area contributed by atoms with E-state index in [0.29, 0.717) is 0 Å². The van der Waals surface area contributed by atoms with Crippen molar-refractivity contribution in [1.82, 2.24) is 0 Å². The molecule has 0 amide bonds. The Hall–Kier alpha value is 5.64. The van der Waals surface area contributed by atoms with Crippen LogP contribution >= 0.6 is 0 Å². The third-order valence-corrected chi connectivity index (χ3v) is 0. The van der Waals surface area contributed by atoms with Crippen molar-refractivity contribution in [3.05, 3.63) is 0 Å². The van der Waals surface area contributed by atoms with Crippen molar-refractivity contribution in [2.24, 2.45) is 0 Å². The summed E-state index contributed by atoms with van der Waals surface area (Å²) in [6.07, 6.45) is 0. The first-order chi connectivity index (χ1) is 11.2. The van der Waals surface area contributed by atoms with E-state index in [4.69, 9.17) is 81.4 Å². The molecule has 31 heteroatoms. The van der Waals surface area contributed by atoms with Crippen molar-refractivity contribution >= 4 is 0 Å². The van der Waals surface area contributed by atoms with Gasteiger partial charge in [0.25, 0.3) is 0 Å². The van der Waals surface area contributed by atoms with Crippen molar-refractivity contribution in [2.45, 2.75) is 0 Å². The molecule has 0 aromatic carbocycles. The summed E-state index contributed by atoms with van der Waals surface area (Å²) < 4.78 is 180. The molecule has 31 heavy (non-hydrogen) atoms. The third-order valence-electron chi connectivity index (χ3n) is 0. The summed E-state index contributed by atoms with van der Waals surface area (Å²) in [6, 6.07) is 0. The van der Waals surface area contributed by atoms with Crippen LogP contribution in [0.15, 0.2) is 0 Å². The Morgan fingerprint density at radius 1 is 0.355 bits per heavy atom. The molecular formula is O21V6Y4. The minimum atomic E-state index is -5.88. The summed E-state index contributed by atoms with van der Waals surface area (Å²) in [6.45, 7) is 0. The summed E-state index contributed by atoms with van der Waals surface area (Å²) in [4.78, 5) is 0. The van der Waals surface area contributed by atoms with Gasteiger partial charge in [0.1, 0.15) is 0 Å². The fourth-order valence-corrected chi connectivity index (χ4v) is 0. The van der Waals surface area contributed by atoms with Crippen LogP contribution in [0, 0.1) is 0 Å². The van der Waals surface area contributed by atoms with Gasteiger partial charge in [0.2, 0.25) is 0 Å². The van der Waals surface area contributed by atoms with E-state index in [9.17, 15) is 0 Å². The SMILES string of the molecule is [O]=[V](=[O])[O-].[O]=[V](=[O])[O-].[O]=[V](=[O])[O-].[O]=[V]([O-])([O-])[O-].[O]=[V]([O-])([O-])[O-].[O]=[V]([O-])([O-])[O-].[Y+3].[Y+3].[Y+3].[Y+3]. The zero-order chi connectivity index (χ0) is 24.2. The average Bonchev–Trinajstić information content (AvgIpc) is 2.01. The van der Waals surface area contributed by atoms with E-state index in [0.717, 1.165) is 0 Å². The van der Waals surface area contributed by atoms with E-state index in [1.165, 1.54) is 0 Å². The molecule has 0 bridgehead atoms. The Bertz CT molecular complexity index is 537. The smallest absolute Gasteiger partial charge is 3.00 e. The van der Waals surface area contributed by atoms with Crippen molar-refractivity contribution in [3.63, 3.8) is 0 Å². The molecule has 0 atom stereocenters. The van der Waals surface area contributed by atoms with Gasteiger partial charge in [-0.3, -0.25) is 0 Å². The van der Waals surface area contributed by atoms with E-state index in [-0.39, 0.29) is 131 Å². The van der Waals surface area contributed by atoms with Gasteiger partial charge in [0, 0.05) is 0 Å². The molecule has 0 heterocycles. The molecule has 0 rings (SSSR count). The van der Waals surface area contributed by atoms with Crippen LogP contribution in [-0.2, 0) is 255 Å². The first-order valence-corrected chi connectivity index (χ1v) is 15.8. The second-order valence-corrected chi connectivity index (χ2v) is 8.30. The van der Waals surface area contributed by atoms with Crippen molar-refractivity contribution in [1.29, 1.82) is 0 Å². The first-order valence-electron chi connectivity index (χ1n) is 3.83. The molecule has 168 valence electrons. The van der Waals surface area contributed by atoms with Crippen molar-refractivity contribution < 1.29 is 304 Å². The Labute approximate surface area is 296 Å². The second-order valence-electron chi connectivity index (χ2n) is 2.01. The normalized spacial score (nSPS) is 8.13. The Balaban J connectivity index is -0.0000000209. The van der Waals surface area contributed by atoms with Crippen LogP contribution in [-0.4, -0.2) is 0 Å². The standard InChI is InChI=1S/21O.6V.4Y/q;;;;;;;;;12*-1;;;;;;;4*+3. The molecule has 0 aliphatic carbocycles. The van der Waals surface area contributed by atoms with Gasteiger partial charge >= 0.3 is 304 Å². The van der Waals surface area contributed by atoms with Crippen LogP contribution in [0.2, 0.25) is 0 Å². The van der Waals surface area contributed by atoms with Crippen LogP contribution in [0.3, 0.4) is 0 Å². The van der Waals surface area contributed by atoms with Gasteiger partial charge < -0.3 is 0 Å². The van der Waals surface area contributed by atoms with Crippen LogP contribution in [0.1, 0.15) is 0 Å². The maximum atomic E-state index is 8.61. The van der Waals surface area contributed by atoms with Gasteiger partial charge in [0.15, 0.2) is 0 Å². The summed E-state index contributed by atoms with van der Waals surface area (Å²) in [5, 5.41) is 0. The zero-order valence-corrected chi connectivity index (χ0v) is 33.3. The van der Waals surface area contributed by atoms with Crippen LogP contribution in [0.25, 0.3) is 0 Å². The zero-order valence-electron chi connectivity index (χ0n) is 13.6. The quantitative estimate of drug-likeness (QED) is 0.217. The van der Waals surface area contributed by atoms with E-state index in [1.807, 2.05) is 0 Å². The average molecular weight is 997 g/mol. The van der Waals surface area contributed by atoms with E-state index >= 15 is 0 Å². The Morgan fingerprint density at radius 2 is 0.355 bits per heavy atom. The molecule has 0 aliphatic rings. The summed E-state index contributed by atoms with van der Waals surface area (Å²) >= 11 is -29.4. The molecule has 21 nitrogen and oxygen atoms in total. The molecule has 0 unspecified atom stereocenters. The van der Waals surface area contributed by atoms with Crippen molar-refractivity contribution in [2.75, 3.05) is 0 Å². The summed E-state index contributed by atoms with van der Waals surface area (Å²) in [5.41, 5.74) is 0. The Morgan fingerprint density at radius 3 is 0.355 bits per heavy atom. The van der Waals surface area contributed by atoms with Crippen LogP contribution in [0.4, 0.5) is 0 Å². The van der Waals surface area contributed by atoms with E-state index in [1.54, 1.807) is 0 Å². The molecule has 0 N–H and O–H groups in total. The van der Waals surface area contributed by atoms with Gasteiger partial charge in [-0.1, -0.05) is 0 Å². The van der Waals surface area contributed by atoms with Crippen molar-refractivity contribution in [3.8, 4) is 0 Å². The predicted octanol–water partition coefficient (Wildman–Crippen LogP) is -15.4. The number of hydrogen-bond acceptors (Lipinski definition) is 21. The summed E-state index contributed by atoms with van der Waals surface area (Å²) in [5.74, 6) is 0. The van der Waals surface area contributed by atoms with Gasteiger partial charge in [0.05, 0.1) is 0 Å². The van der Waals surface area contributed by atoms with Crippen LogP contribution < -0.4 is 48.4 Å².